The summed E-state index contributed by atoms with van der Waals surface area (Å²) in [4.78, 5) is 18.4. The number of carbonyl (C=O) groups is 1. The first-order valence-corrected chi connectivity index (χ1v) is 10.2. The van der Waals surface area contributed by atoms with Crippen LogP contribution in [-0.4, -0.2) is 17.6 Å². The molecule has 1 aliphatic rings. The summed E-state index contributed by atoms with van der Waals surface area (Å²) >= 11 is 1.26. The highest BCUT2D eigenvalue weighted by atomic mass is 32.1. The predicted octanol–water partition coefficient (Wildman–Crippen LogP) is 5.40. The quantitative estimate of drug-likeness (QED) is 0.457. The van der Waals surface area contributed by atoms with E-state index in [9.17, 15) is 4.79 Å². The molecule has 0 saturated carbocycles. The zero-order valence-corrected chi connectivity index (χ0v) is 16.5. The lowest BCUT2D eigenvalue weighted by molar-refractivity contribution is 0.0533. The molecule has 0 amide bonds. The lowest BCUT2D eigenvalue weighted by Crippen LogP contribution is -2.05. The number of hydrogen-bond acceptors (Lipinski definition) is 7. The smallest absolute Gasteiger partial charge is 0.350 e. The molecule has 146 valence electrons. The summed E-state index contributed by atoms with van der Waals surface area (Å²) in [6, 6.07) is 7.53. The standard InChI is InChI=1S/C22H18N2O4S/c1-2-26-22(25)20-18(23)17-16(15-6-4-10-28-15)14-8-7-12(11-13-5-3-9-27-13)19(14)24-21(17)29-20/h3-6,9-11H,2,7-8,23H2,1H3. The number of allylic oxidation sites excluding steroid dienone is 1. The summed E-state index contributed by atoms with van der Waals surface area (Å²) in [6.07, 6.45) is 6.96. The first kappa shape index (κ1) is 17.8. The molecule has 4 aromatic rings. The van der Waals surface area contributed by atoms with Gasteiger partial charge in [0.25, 0.3) is 0 Å². The molecule has 0 saturated heterocycles. The third-order valence-electron chi connectivity index (χ3n) is 5.01. The second-order valence-corrected chi connectivity index (χ2v) is 7.72. The highest BCUT2D eigenvalue weighted by Gasteiger charge is 2.30. The van der Waals surface area contributed by atoms with Gasteiger partial charge in [-0.15, -0.1) is 11.3 Å². The Labute approximate surface area is 170 Å². The topological polar surface area (TPSA) is 91.5 Å². The average Bonchev–Trinajstić information content (AvgIpc) is 3.49. The first-order chi connectivity index (χ1) is 14.2. The van der Waals surface area contributed by atoms with Crippen LogP contribution in [0.4, 0.5) is 5.69 Å². The van der Waals surface area contributed by atoms with Gasteiger partial charge in [0.05, 0.1) is 30.5 Å². The van der Waals surface area contributed by atoms with Crippen LogP contribution < -0.4 is 5.73 Å². The Morgan fingerprint density at radius 1 is 1.28 bits per heavy atom. The number of pyridine rings is 1. The van der Waals surface area contributed by atoms with Crippen molar-refractivity contribution in [2.75, 3.05) is 12.3 Å². The van der Waals surface area contributed by atoms with Crippen LogP contribution in [0, 0.1) is 0 Å². The van der Waals surface area contributed by atoms with Gasteiger partial charge in [-0.2, -0.15) is 0 Å². The number of anilines is 1. The fraction of sp³-hybridized carbons (Fsp3) is 0.182. The van der Waals surface area contributed by atoms with Gasteiger partial charge in [0.1, 0.15) is 21.2 Å². The van der Waals surface area contributed by atoms with Gasteiger partial charge in [0.15, 0.2) is 0 Å². The van der Waals surface area contributed by atoms with E-state index in [1.807, 2.05) is 30.3 Å². The van der Waals surface area contributed by atoms with Gasteiger partial charge in [-0.05, 0) is 61.2 Å². The Morgan fingerprint density at radius 3 is 2.83 bits per heavy atom. The van der Waals surface area contributed by atoms with Crippen LogP contribution in [0.15, 0.2) is 45.6 Å². The molecule has 0 fully saturated rings. The number of thiophene rings is 1. The summed E-state index contributed by atoms with van der Waals surface area (Å²) < 4.78 is 16.4. The molecular formula is C22H18N2O4S. The third-order valence-corrected chi connectivity index (χ3v) is 6.09. The van der Waals surface area contributed by atoms with Gasteiger partial charge in [0, 0.05) is 10.9 Å². The molecule has 0 radical (unpaired) electrons. The Morgan fingerprint density at radius 2 is 2.10 bits per heavy atom. The number of fused-ring (bicyclic) bond motifs is 2. The van der Waals surface area contributed by atoms with Crippen molar-refractivity contribution >= 4 is 44.9 Å². The molecule has 0 aromatic carbocycles. The number of nitrogens with two attached hydrogens (primary N) is 1. The predicted molar refractivity (Wildman–Crippen MR) is 113 cm³/mol. The van der Waals surface area contributed by atoms with Crippen molar-refractivity contribution in [3.05, 3.63) is 58.7 Å². The summed E-state index contributed by atoms with van der Waals surface area (Å²) in [7, 11) is 0. The summed E-state index contributed by atoms with van der Waals surface area (Å²) in [5.41, 5.74) is 10.8. The fourth-order valence-corrected chi connectivity index (χ4v) is 4.80. The SMILES string of the molecule is CCOC(=O)c1sc2nc3c(c(-c4ccco4)c2c1N)CCC3=Cc1ccco1. The molecule has 0 spiro atoms. The van der Waals surface area contributed by atoms with Crippen LogP contribution in [0.2, 0.25) is 0 Å². The number of esters is 1. The zero-order valence-electron chi connectivity index (χ0n) is 15.7. The Kier molecular flexibility index (Phi) is 4.24. The van der Waals surface area contributed by atoms with Crippen LogP contribution in [0.5, 0.6) is 0 Å². The van der Waals surface area contributed by atoms with Gasteiger partial charge in [0.2, 0.25) is 0 Å². The number of nitrogen functional groups attached to an aromatic ring is 1. The highest BCUT2D eigenvalue weighted by molar-refractivity contribution is 7.21. The molecule has 0 unspecified atom stereocenters. The molecule has 7 heteroatoms. The van der Waals surface area contributed by atoms with Crippen LogP contribution in [0.1, 0.15) is 40.0 Å². The normalized spacial score (nSPS) is 14.6. The van der Waals surface area contributed by atoms with Gasteiger partial charge in [-0.3, -0.25) is 0 Å². The van der Waals surface area contributed by atoms with Crippen molar-refractivity contribution in [1.29, 1.82) is 0 Å². The Bertz CT molecular complexity index is 1230. The first-order valence-electron chi connectivity index (χ1n) is 9.37. The minimum Gasteiger partial charge on any atom is -0.465 e. The van der Waals surface area contributed by atoms with Crippen LogP contribution in [-0.2, 0) is 11.2 Å². The molecule has 4 heterocycles. The van der Waals surface area contributed by atoms with Crippen LogP contribution >= 0.6 is 11.3 Å². The van der Waals surface area contributed by atoms with Crippen molar-refractivity contribution in [2.24, 2.45) is 0 Å². The maximum absolute atomic E-state index is 12.4. The number of ether oxygens (including phenoxy) is 1. The molecule has 5 rings (SSSR count). The summed E-state index contributed by atoms with van der Waals surface area (Å²) in [5.74, 6) is 1.07. The molecule has 4 aromatic heterocycles. The molecular weight excluding hydrogens is 388 g/mol. The average molecular weight is 406 g/mol. The maximum atomic E-state index is 12.4. The van der Waals surface area contributed by atoms with E-state index in [4.69, 9.17) is 24.3 Å². The lowest BCUT2D eigenvalue weighted by Gasteiger charge is -2.09. The molecule has 0 bridgehead atoms. The Hall–Kier alpha value is -3.32. The van der Waals surface area contributed by atoms with Crippen molar-refractivity contribution in [3.63, 3.8) is 0 Å². The minimum absolute atomic E-state index is 0.289. The zero-order chi connectivity index (χ0) is 20.0. The molecule has 29 heavy (non-hydrogen) atoms. The molecule has 1 aliphatic carbocycles. The molecule has 0 atom stereocenters. The van der Waals surface area contributed by atoms with E-state index in [0.717, 1.165) is 46.4 Å². The number of aromatic nitrogens is 1. The van der Waals surface area contributed by atoms with E-state index in [0.29, 0.717) is 21.2 Å². The minimum atomic E-state index is -0.426. The van der Waals surface area contributed by atoms with Crippen LogP contribution in [0.3, 0.4) is 0 Å². The van der Waals surface area contributed by atoms with E-state index in [-0.39, 0.29) is 6.61 Å². The number of rotatable bonds is 4. The molecule has 6 nitrogen and oxygen atoms in total. The van der Waals surface area contributed by atoms with E-state index >= 15 is 0 Å². The van der Waals surface area contributed by atoms with Crippen LogP contribution in [0.25, 0.3) is 33.2 Å². The largest absolute Gasteiger partial charge is 0.465 e. The number of furan rings is 2. The van der Waals surface area contributed by atoms with Gasteiger partial charge in [-0.1, -0.05) is 0 Å². The summed E-state index contributed by atoms with van der Waals surface area (Å²) in [5, 5.41) is 0.756. The lowest BCUT2D eigenvalue weighted by atomic mass is 10.0. The van der Waals surface area contributed by atoms with E-state index < -0.39 is 5.97 Å². The Balaban J connectivity index is 1.78. The van der Waals surface area contributed by atoms with E-state index in [2.05, 4.69) is 0 Å². The van der Waals surface area contributed by atoms with Crippen molar-refractivity contribution in [2.45, 2.75) is 19.8 Å². The molecule has 0 aliphatic heterocycles. The maximum Gasteiger partial charge on any atom is 0.350 e. The second kappa shape index (κ2) is 6.93. The van der Waals surface area contributed by atoms with Gasteiger partial charge in [-0.25, -0.2) is 9.78 Å². The van der Waals surface area contributed by atoms with E-state index in [1.54, 1.807) is 19.5 Å². The van der Waals surface area contributed by atoms with Crippen molar-refractivity contribution in [1.82, 2.24) is 4.98 Å². The van der Waals surface area contributed by atoms with Gasteiger partial charge < -0.3 is 19.3 Å². The van der Waals surface area contributed by atoms with E-state index in [1.165, 1.54) is 11.3 Å². The highest BCUT2D eigenvalue weighted by Crippen LogP contribution is 2.47. The monoisotopic (exact) mass is 406 g/mol. The second-order valence-electron chi connectivity index (χ2n) is 6.72. The third kappa shape index (κ3) is 2.86. The summed E-state index contributed by atoms with van der Waals surface area (Å²) in [6.45, 7) is 2.06. The number of carbonyl (C=O) groups excluding carboxylic acids is 1. The number of nitrogens with zero attached hydrogens (tertiary/aromatic N) is 1. The van der Waals surface area contributed by atoms with Gasteiger partial charge >= 0.3 is 5.97 Å². The fourth-order valence-electron chi connectivity index (χ4n) is 3.80. The number of hydrogen-bond donors (Lipinski definition) is 1. The molecule has 2 N–H and O–H groups in total. The van der Waals surface area contributed by atoms with Crippen molar-refractivity contribution in [3.8, 4) is 11.3 Å². The van der Waals surface area contributed by atoms with Crippen molar-refractivity contribution < 1.29 is 18.4 Å².